The summed E-state index contributed by atoms with van der Waals surface area (Å²) in [6.45, 7) is 0. The molecule has 1 heterocycles. The number of non-ortho nitro benzene ring substituents is 1. The zero-order valence-corrected chi connectivity index (χ0v) is 16.9. The van der Waals surface area contributed by atoms with Crippen molar-refractivity contribution in [1.82, 2.24) is 4.90 Å². The van der Waals surface area contributed by atoms with Gasteiger partial charge in [-0.15, -0.1) is 12.4 Å². The first-order valence-corrected chi connectivity index (χ1v) is 9.99. The smallest absolute Gasteiger partial charge is 0.271 e. The average molecular weight is 413 g/mol. The molecule has 1 aromatic carbocycles. The Labute approximate surface area is 169 Å². The SMILES string of the molecule is CN1/C(=N/C2CCCCC2)SCC1CC(=O)Nc1cccc([N+](=O)[O-])c1.Cl. The Bertz CT molecular complexity index is 710. The number of amides is 1. The van der Waals surface area contributed by atoms with Gasteiger partial charge in [-0.25, -0.2) is 0 Å². The maximum absolute atomic E-state index is 12.3. The number of thioether (sulfide) groups is 1. The second-order valence-corrected chi connectivity index (χ2v) is 7.83. The molecule has 1 N–H and O–H groups in total. The lowest BCUT2D eigenvalue weighted by molar-refractivity contribution is -0.384. The van der Waals surface area contributed by atoms with E-state index in [4.69, 9.17) is 4.99 Å². The van der Waals surface area contributed by atoms with Crippen LogP contribution in [0.2, 0.25) is 0 Å². The summed E-state index contributed by atoms with van der Waals surface area (Å²) in [7, 11) is 1.99. The van der Waals surface area contributed by atoms with E-state index in [-0.39, 0.29) is 30.0 Å². The molecule has 0 spiro atoms. The third-order valence-corrected chi connectivity index (χ3v) is 6.09. The molecule has 2 fully saturated rings. The highest BCUT2D eigenvalue weighted by atomic mass is 35.5. The molecular formula is C18H25ClN4O3S. The van der Waals surface area contributed by atoms with Gasteiger partial charge in [0, 0.05) is 43.1 Å². The van der Waals surface area contributed by atoms with E-state index in [9.17, 15) is 14.9 Å². The van der Waals surface area contributed by atoms with Crippen LogP contribution in [0, 0.1) is 10.1 Å². The van der Waals surface area contributed by atoms with Crippen LogP contribution in [0.5, 0.6) is 0 Å². The standard InChI is InChI=1S/C18H24N4O3S.ClH/c1-21-16(12-26-18(21)20-13-6-3-2-4-7-13)11-17(23)19-14-8-5-9-15(10-14)22(24)25;/h5,8-10,13,16H,2-4,6-7,11-12H2,1H3,(H,19,23);1H/b20-18-;. The van der Waals surface area contributed by atoms with Gasteiger partial charge >= 0.3 is 0 Å². The minimum atomic E-state index is -0.467. The van der Waals surface area contributed by atoms with Crippen LogP contribution in [0.3, 0.4) is 0 Å². The Morgan fingerprint density at radius 1 is 1.37 bits per heavy atom. The van der Waals surface area contributed by atoms with E-state index in [1.165, 1.54) is 31.4 Å². The molecule has 1 atom stereocenters. The molecule has 7 nitrogen and oxygen atoms in total. The minimum Gasteiger partial charge on any atom is -0.350 e. The summed E-state index contributed by atoms with van der Waals surface area (Å²) in [5.41, 5.74) is 0.423. The van der Waals surface area contributed by atoms with Crippen molar-refractivity contribution in [1.29, 1.82) is 0 Å². The van der Waals surface area contributed by atoms with Crippen LogP contribution in [-0.4, -0.2) is 45.8 Å². The largest absolute Gasteiger partial charge is 0.350 e. The number of nitro groups is 1. The van der Waals surface area contributed by atoms with Gasteiger partial charge < -0.3 is 10.2 Å². The van der Waals surface area contributed by atoms with Crippen molar-refractivity contribution in [3.8, 4) is 0 Å². The van der Waals surface area contributed by atoms with Crippen molar-refractivity contribution in [2.24, 2.45) is 4.99 Å². The predicted octanol–water partition coefficient (Wildman–Crippen LogP) is 4.08. The first-order chi connectivity index (χ1) is 12.5. The first-order valence-electron chi connectivity index (χ1n) is 9.00. The Morgan fingerprint density at radius 3 is 2.81 bits per heavy atom. The van der Waals surface area contributed by atoms with E-state index >= 15 is 0 Å². The molecule has 1 aliphatic carbocycles. The van der Waals surface area contributed by atoms with Gasteiger partial charge in [0.2, 0.25) is 5.91 Å². The summed E-state index contributed by atoms with van der Waals surface area (Å²) in [4.78, 5) is 29.7. The molecule has 2 aliphatic rings. The summed E-state index contributed by atoms with van der Waals surface area (Å²) >= 11 is 1.71. The molecule has 1 amide bonds. The fourth-order valence-electron chi connectivity index (χ4n) is 3.35. The van der Waals surface area contributed by atoms with Crippen molar-refractivity contribution in [2.45, 2.75) is 50.6 Å². The second kappa shape index (κ2) is 9.94. The molecule has 0 radical (unpaired) electrons. The minimum absolute atomic E-state index is 0. The van der Waals surface area contributed by atoms with E-state index in [1.807, 2.05) is 7.05 Å². The van der Waals surface area contributed by atoms with Gasteiger partial charge in [-0.3, -0.25) is 19.9 Å². The molecule has 148 valence electrons. The number of anilines is 1. The number of nitrogens with one attached hydrogen (secondary N) is 1. The monoisotopic (exact) mass is 412 g/mol. The number of hydrogen-bond donors (Lipinski definition) is 1. The van der Waals surface area contributed by atoms with Gasteiger partial charge in [0.1, 0.15) is 0 Å². The van der Waals surface area contributed by atoms with Gasteiger partial charge in [-0.05, 0) is 18.9 Å². The third-order valence-electron chi connectivity index (χ3n) is 4.88. The van der Waals surface area contributed by atoms with Crippen LogP contribution in [0.1, 0.15) is 38.5 Å². The van der Waals surface area contributed by atoms with Crippen LogP contribution >= 0.6 is 24.2 Å². The highest BCUT2D eigenvalue weighted by molar-refractivity contribution is 8.14. The number of rotatable bonds is 5. The summed E-state index contributed by atoms with van der Waals surface area (Å²) in [5, 5.41) is 14.6. The fraction of sp³-hybridized carbons (Fsp3) is 0.556. The Morgan fingerprint density at radius 2 is 2.11 bits per heavy atom. The summed E-state index contributed by atoms with van der Waals surface area (Å²) in [6, 6.07) is 6.53. The maximum atomic E-state index is 12.3. The number of halogens is 1. The number of carbonyl (C=O) groups excluding carboxylic acids is 1. The van der Waals surface area contributed by atoms with Crippen LogP contribution in [0.4, 0.5) is 11.4 Å². The predicted molar refractivity (Wildman–Crippen MR) is 112 cm³/mol. The average Bonchev–Trinajstić information content (AvgIpc) is 2.96. The van der Waals surface area contributed by atoms with Crippen molar-refractivity contribution < 1.29 is 9.72 Å². The summed E-state index contributed by atoms with van der Waals surface area (Å²) in [6.07, 6.45) is 6.49. The van der Waals surface area contributed by atoms with E-state index in [2.05, 4.69) is 10.2 Å². The molecule has 1 aromatic rings. The van der Waals surface area contributed by atoms with E-state index in [0.717, 1.165) is 23.8 Å². The number of hydrogen-bond acceptors (Lipinski definition) is 5. The topological polar surface area (TPSA) is 87.8 Å². The molecule has 0 aromatic heterocycles. The van der Waals surface area contributed by atoms with E-state index in [0.29, 0.717) is 18.2 Å². The molecule has 1 unspecified atom stereocenters. The van der Waals surface area contributed by atoms with Crippen LogP contribution < -0.4 is 5.32 Å². The lowest BCUT2D eigenvalue weighted by Gasteiger charge is -2.23. The van der Waals surface area contributed by atoms with Crippen LogP contribution in [0.25, 0.3) is 0 Å². The second-order valence-electron chi connectivity index (χ2n) is 6.84. The Kier molecular flexibility index (Phi) is 7.91. The number of carbonyl (C=O) groups is 1. The fourth-order valence-corrected chi connectivity index (χ4v) is 4.61. The molecule has 1 saturated heterocycles. The third kappa shape index (κ3) is 5.84. The highest BCUT2D eigenvalue weighted by Crippen LogP contribution is 2.28. The number of nitrogens with zero attached hydrogens (tertiary/aromatic N) is 3. The lowest BCUT2D eigenvalue weighted by atomic mass is 9.96. The van der Waals surface area contributed by atoms with Crippen molar-refractivity contribution >= 4 is 46.6 Å². The number of amidine groups is 1. The molecule has 27 heavy (non-hydrogen) atoms. The zero-order valence-electron chi connectivity index (χ0n) is 15.3. The summed E-state index contributed by atoms with van der Waals surface area (Å²) in [5.74, 6) is 0.701. The van der Waals surface area contributed by atoms with E-state index in [1.54, 1.807) is 23.9 Å². The lowest BCUT2D eigenvalue weighted by Crippen LogP contribution is -2.34. The first kappa shape index (κ1) is 21.5. The van der Waals surface area contributed by atoms with E-state index < -0.39 is 4.92 Å². The number of nitro benzene ring substituents is 1. The van der Waals surface area contributed by atoms with Gasteiger partial charge in [-0.1, -0.05) is 37.1 Å². The number of benzene rings is 1. The Balaban J connectivity index is 0.00000261. The molecule has 1 saturated carbocycles. The summed E-state index contributed by atoms with van der Waals surface area (Å²) < 4.78 is 0. The molecule has 0 bridgehead atoms. The van der Waals surface area contributed by atoms with Gasteiger partial charge in [0.25, 0.3) is 5.69 Å². The normalized spacial score (nSPS) is 21.7. The highest BCUT2D eigenvalue weighted by Gasteiger charge is 2.30. The van der Waals surface area contributed by atoms with Crippen LogP contribution in [0.15, 0.2) is 29.3 Å². The van der Waals surface area contributed by atoms with Crippen molar-refractivity contribution in [3.05, 3.63) is 34.4 Å². The van der Waals surface area contributed by atoms with Gasteiger partial charge in [0.05, 0.1) is 11.0 Å². The molecule has 1 aliphatic heterocycles. The maximum Gasteiger partial charge on any atom is 0.271 e. The molecular weight excluding hydrogens is 388 g/mol. The van der Waals surface area contributed by atoms with Crippen molar-refractivity contribution in [3.63, 3.8) is 0 Å². The molecule has 9 heteroatoms. The van der Waals surface area contributed by atoms with Crippen molar-refractivity contribution in [2.75, 3.05) is 18.1 Å². The van der Waals surface area contributed by atoms with Gasteiger partial charge in [0.15, 0.2) is 5.17 Å². The van der Waals surface area contributed by atoms with Crippen LogP contribution in [-0.2, 0) is 4.79 Å². The zero-order chi connectivity index (χ0) is 18.5. The Hall–Kier alpha value is -1.80. The number of aliphatic imine (C=N–C) groups is 1. The molecule has 3 rings (SSSR count). The quantitative estimate of drug-likeness (QED) is 0.581. The van der Waals surface area contributed by atoms with Gasteiger partial charge in [-0.2, -0.15) is 0 Å².